The van der Waals surface area contributed by atoms with Crippen LogP contribution in [0, 0.1) is 0 Å². The van der Waals surface area contributed by atoms with Crippen molar-refractivity contribution in [3.05, 3.63) is 86.8 Å². The van der Waals surface area contributed by atoms with E-state index in [4.69, 9.17) is 27.6 Å². The van der Waals surface area contributed by atoms with E-state index in [9.17, 15) is 0 Å². The van der Waals surface area contributed by atoms with Gasteiger partial charge in [0.1, 0.15) is 5.52 Å². The summed E-state index contributed by atoms with van der Waals surface area (Å²) < 4.78 is 6.82. The summed E-state index contributed by atoms with van der Waals surface area (Å²) in [6, 6.07) is 18.9. The van der Waals surface area contributed by atoms with Gasteiger partial charge in [-0.25, -0.2) is 4.98 Å². The summed E-state index contributed by atoms with van der Waals surface area (Å²) in [6.07, 6.45) is 5.42. The third-order valence-corrected chi connectivity index (χ3v) is 5.05. The molecule has 3 aromatic carbocycles. The summed E-state index contributed by atoms with van der Waals surface area (Å²) >= 11 is 15.5. The Bertz CT molecular complexity index is 1210. The molecule has 0 saturated heterocycles. The number of fused-ring (bicyclic) bond motifs is 1. The fourth-order valence-electron chi connectivity index (χ4n) is 2.65. The van der Waals surface area contributed by atoms with Gasteiger partial charge in [-0.05, 0) is 60.2 Å². The number of hydrogen-bond donors (Lipinski definition) is 0. The van der Waals surface area contributed by atoms with E-state index in [1.54, 1.807) is 18.3 Å². The summed E-state index contributed by atoms with van der Waals surface area (Å²) in [5.74, 6) is 0.578. The number of hydrogen-bond acceptors (Lipinski definition) is 3. The molecule has 3 nitrogen and oxygen atoms in total. The first-order valence-corrected chi connectivity index (χ1v) is 9.96. The summed E-state index contributed by atoms with van der Waals surface area (Å²) in [5.41, 5.74) is 4.06. The second-order valence-electron chi connectivity index (χ2n) is 5.98. The number of halogens is 3. The van der Waals surface area contributed by atoms with Crippen LogP contribution in [-0.2, 0) is 0 Å². The lowest BCUT2D eigenvalue weighted by molar-refractivity contribution is 0.620. The van der Waals surface area contributed by atoms with Gasteiger partial charge in [0.2, 0.25) is 5.89 Å². The molecule has 138 valence electrons. The topological polar surface area (TPSA) is 38.4 Å². The maximum atomic E-state index is 6.15. The Balaban J connectivity index is 1.54. The summed E-state index contributed by atoms with van der Waals surface area (Å²) in [4.78, 5) is 9.02. The molecule has 0 aliphatic carbocycles. The second-order valence-corrected chi connectivity index (χ2v) is 7.74. The Morgan fingerprint density at radius 3 is 2.71 bits per heavy atom. The molecule has 4 rings (SSSR count). The van der Waals surface area contributed by atoms with Gasteiger partial charge in [-0.2, -0.15) is 0 Å². The van der Waals surface area contributed by atoms with Crippen molar-refractivity contribution in [3.63, 3.8) is 0 Å². The quantitative estimate of drug-likeness (QED) is 0.283. The van der Waals surface area contributed by atoms with E-state index in [1.165, 1.54) is 0 Å². The molecule has 0 spiro atoms. The molecule has 1 aromatic heterocycles. The van der Waals surface area contributed by atoms with E-state index < -0.39 is 0 Å². The van der Waals surface area contributed by atoms with Crippen LogP contribution in [0.15, 0.2) is 80.6 Å². The van der Waals surface area contributed by atoms with Crippen molar-refractivity contribution in [1.29, 1.82) is 0 Å². The molecule has 0 fully saturated rings. The Labute approximate surface area is 180 Å². The lowest BCUT2D eigenvalue weighted by Crippen LogP contribution is -1.76. The molecule has 0 N–H and O–H groups in total. The molecular formula is C22H13BrCl2N2O. The molecule has 0 unspecified atom stereocenters. The molecule has 28 heavy (non-hydrogen) atoms. The zero-order chi connectivity index (χ0) is 19.5. The third-order valence-electron chi connectivity index (χ3n) is 3.99. The van der Waals surface area contributed by atoms with Crippen LogP contribution in [0.5, 0.6) is 0 Å². The minimum Gasteiger partial charge on any atom is -0.436 e. The molecule has 0 amide bonds. The van der Waals surface area contributed by atoms with E-state index in [0.29, 0.717) is 15.9 Å². The van der Waals surface area contributed by atoms with Gasteiger partial charge in [-0.3, -0.25) is 4.99 Å². The van der Waals surface area contributed by atoms with E-state index in [-0.39, 0.29) is 0 Å². The first-order chi connectivity index (χ1) is 13.6. The Kier molecular flexibility index (Phi) is 5.62. The molecule has 0 saturated carbocycles. The van der Waals surface area contributed by atoms with Gasteiger partial charge in [0.25, 0.3) is 0 Å². The molecule has 0 radical (unpaired) electrons. The van der Waals surface area contributed by atoms with Gasteiger partial charge in [-0.15, -0.1) is 0 Å². The Hall–Kier alpha value is -2.40. The Morgan fingerprint density at radius 1 is 1.00 bits per heavy atom. The minimum absolute atomic E-state index is 0.578. The van der Waals surface area contributed by atoms with Gasteiger partial charge < -0.3 is 4.42 Å². The highest BCUT2D eigenvalue weighted by Gasteiger charge is 2.08. The monoisotopic (exact) mass is 470 g/mol. The van der Waals surface area contributed by atoms with Crippen LogP contribution in [-0.4, -0.2) is 11.2 Å². The largest absolute Gasteiger partial charge is 0.436 e. The molecule has 1 heterocycles. The van der Waals surface area contributed by atoms with E-state index in [1.807, 2.05) is 60.7 Å². The smallest absolute Gasteiger partial charge is 0.227 e. The first kappa shape index (κ1) is 18.9. The van der Waals surface area contributed by atoms with Crippen LogP contribution in [0.2, 0.25) is 10.0 Å². The number of nitrogens with zero attached hydrogens (tertiary/aromatic N) is 2. The highest BCUT2D eigenvalue weighted by molar-refractivity contribution is 9.10. The lowest BCUT2D eigenvalue weighted by Gasteiger charge is -1.97. The van der Waals surface area contributed by atoms with E-state index in [0.717, 1.165) is 32.4 Å². The predicted molar refractivity (Wildman–Crippen MR) is 121 cm³/mol. The molecule has 0 aliphatic heterocycles. The van der Waals surface area contributed by atoms with Crippen LogP contribution in [0.3, 0.4) is 0 Å². The average Bonchev–Trinajstić information content (AvgIpc) is 3.10. The zero-order valence-electron chi connectivity index (χ0n) is 14.4. The van der Waals surface area contributed by atoms with Crippen molar-refractivity contribution in [2.45, 2.75) is 0 Å². The normalized spacial score (nSPS) is 11.8. The van der Waals surface area contributed by atoms with E-state index in [2.05, 4.69) is 25.9 Å². The van der Waals surface area contributed by atoms with Crippen molar-refractivity contribution in [1.82, 2.24) is 4.98 Å². The Morgan fingerprint density at radius 2 is 1.89 bits per heavy atom. The number of oxazole rings is 1. The standard InChI is InChI=1S/C22H13BrCl2N2O/c23-16-5-1-3-15(11-16)22-27-20-13-18(8-9-21(20)28-22)26-10-2-4-14-6-7-17(24)12-19(14)25/h1-13H. The van der Waals surface area contributed by atoms with Crippen LogP contribution >= 0.6 is 39.1 Å². The third kappa shape index (κ3) is 4.36. The number of allylic oxidation sites excluding steroid dienone is 1. The van der Waals surface area contributed by atoms with Crippen LogP contribution in [0.1, 0.15) is 5.56 Å². The second kappa shape index (κ2) is 8.31. The zero-order valence-corrected chi connectivity index (χ0v) is 17.5. The minimum atomic E-state index is 0.578. The van der Waals surface area contributed by atoms with E-state index >= 15 is 0 Å². The maximum absolute atomic E-state index is 6.15. The van der Waals surface area contributed by atoms with Crippen molar-refractivity contribution in [2.24, 2.45) is 4.99 Å². The van der Waals surface area contributed by atoms with Gasteiger partial charge >= 0.3 is 0 Å². The number of aliphatic imine (C=N–C) groups is 1. The molecular weight excluding hydrogens is 459 g/mol. The highest BCUT2D eigenvalue weighted by atomic mass is 79.9. The first-order valence-electron chi connectivity index (χ1n) is 8.41. The summed E-state index contributed by atoms with van der Waals surface area (Å²) in [5, 5.41) is 1.21. The van der Waals surface area contributed by atoms with Gasteiger partial charge in [0, 0.05) is 26.3 Å². The van der Waals surface area contributed by atoms with Crippen LogP contribution in [0.25, 0.3) is 28.6 Å². The van der Waals surface area contributed by atoms with Gasteiger partial charge in [0.05, 0.1) is 5.69 Å². The van der Waals surface area contributed by atoms with Crippen LogP contribution < -0.4 is 0 Å². The summed E-state index contributed by atoms with van der Waals surface area (Å²) in [7, 11) is 0. The fraction of sp³-hybridized carbons (Fsp3) is 0. The number of aromatic nitrogens is 1. The van der Waals surface area contributed by atoms with Crippen molar-refractivity contribution in [3.8, 4) is 11.5 Å². The molecule has 6 heteroatoms. The van der Waals surface area contributed by atoms with Gasteiger partial charge in [-0.1, -0.05) is 57.3 Å². The molecule has 4 aromatic rings. The van der Waals surface area contributed by atoms with Crippen molar-refractivity contribution >= 4 is 68.2 Å². The summed E-state index contributed by atoms with van der Waals surface area (Å²) in [6.45, 7) is 0. The van der Waals surface area contributed by atoms with Crippen molar-refractivity contribution in [2.75, 3.05) is 0 Å². The average molecular weight is 472 g/mol. The number of benzene rings is 3. The molecule has 0 aliphatic rings. The number of rotatable bonds is 4. The highest BCUT2D eigenvalue weighted by Crippen LogP contribution is 2.28. The molecule has 0 atom stereocenters. The lowest BCUT2D eigenvalue weighted by atomic mass is 10.2. The molecule has 0 bridgehead atoms. The SMILES string of the molecule is Clc1ccc(C=CC=Nc2ccc3oc(-c4cccc(Br)c4)nc3c2)c(Cl)c1. The van der Waals surface area contributed by atoms with Crippen molar-refractivity contribution < 1.29 is 4.42 Å². The fourth-order valence-corrected chi connectivity index (χ4v) is 3.52. The predicted octanol–water partition coefficient (Wildman–Crippen LogP) is 7.98. The van der Waals surface area contributed by atoms with Gasteiger partial charge in [0.15, 0.2) is 5.58 Å². The van der Waals surface area contributed by atoms with Crippen LogP contribution in [0.4, 0.5) is 5.69 Å². The maximum Gasteiger partial charge on any atom is 0.227 e.